The minimum atomic E-state index is -3.17. The van der Waals surface area contributed by atoms with Crippen molar-refractivity contribution >= 4 is 21.5 Å². The van der Waals surface area contributed by atoms with Crippen LogP contribution in [0.25, 0.3) is 5.82 Å². The Morgan fingerprint density at radius 1 is 1.12 bits per heavy atom. The summed E-state index contributed by atoms with van der Waals surface area (Å²) < 4.78 is 27.1. The monoisotopic (exact) mass is 370 g/mol. The Labute approximate surface area is 151 Å². The van der Waals surface area contributed by atoms with Gasteiger partial charge in [0.1, 0.15) is 18.0 Å². The fourth-order valence-corrected chi connectivity index (χ4v) is 4.38. The van der Waals surface area contributed by atoms with Crippen molar-refractivity contribution in [3.63, 3.8) is 0 Å². The van der Waals surface area contributed by atoms with E-state index >= 15 is 0 Å². The molecule has 0 atom stereocenters. The maximum atomic E-state index is 11.9. The Hall–Kier alpha value is -2.94. The molecule has 0 radical (unpaired) electrons. The normalized spacial score (nSPS) is 15.9. The van der Waals surface area contributed by atoms with Gasteiger partial charge in [0.25, 0.3) is 0 Å². The SMILES string of the molecule is O=S1(=O)CCCN1c1ccc(NCc2ccc(-n3ccnc3)nc2)nc1. The topological polar surface area (TPSA) is 93.0 Å². The third kappa shape index (κ3) is 3.38. The maximum Gasteiger partial charge on any atom is 0.235 e. The molecule has 4 heterocycles. The first-order valence-corrected chi connectivity index (χ1v) is 9.86. The molecule has 4 rings (SSSR count). The van der Waals surface area contributed by atoms with E-state index < -0.39 is 10.0 Å². The van der Waals surface area contributed by atoms with Gasteiger partial charge in [-0.25, -0.2) is 23.4 Å². The van der Waals surface area contributed by atoms with E-state index in [1.165, 1.54) is 4.31 Å². The van der Waals surface area contributed by atoms with Crippen LogP contribution in [0.4, 0.5) is 11.5 Å². The first-order chi connectivity index (χ1) is 12.6. The molecule has 134 valence electrons. The van der Waals surface area contributed by atoms with E-state index in [4.69, 9.17) is 0 Å². The molecule has 3 aromatic heterocycles. The number of hydrogen-bond acceptors (Lipinski definition) is 6. The van der Waals surface area contributed by atoms with Crippen LogP contribution in [0.2, 0.25) is 0 Å². The summed E-state index contributed by atoms with van der Waals surface area (Å²) >= 11 is 0. The van der Waals surface area contributed by atoms with E-state index in [-0.39, 0.29) is 5.75 Å². The van der Waals surface area contributed by atoms with Gasteiger partial charge in [0.05, 0.1) is 17.6 Å². The summed E-state index contributed by atoms with van der Waals surface area (Å²) in [5.41, 5.74) is 1.63. The second-order valence-corrected chi connectivity index (χ2v) is 8.00. The molecule has 0 aliphatic carbocycles. The number of anilines is 2. The Morgan fingerprint density at radius 2 is 2.04 bits per heavy atom. The lowest BCUT2D eigenvalue weighted by molar-refractivity contribution is 0.599. The third-order valence-corrected chi connectivity index (χ3v) is 6.06. The van der Waals surface area contributed by atoms with E-state index in [9.17, 15) is 8.42 Å². The molecule has 0 aromatic carbocycles. The van der Waals surface area contributed by atoms with Crippen molar-refractivity contribution in [2.45, 2.75) is 13.0 Å². The van der Waals surface area contributed by atoms with Crippen molar-refractivity contribution in [1.82, 2.24) is 19.5 Å². The molecule has 0 amide bonds. The Bertz CT molecular complexity index is 969. The summed E-state index contributed by atoms with van der Waals surface area (Å²) in [6, 6.07) is 7.48. The number of rotatable bonds is 5. The van der Waals surface area contributed by atoms with Crippen molar-refractivity contribution in [2.24, 2.45) is 0 Å². The summed E-state index contributed by atoms with van der Waals surface area (Å²) in [5, 5.41) is 3.22. The predicted molar refractivity (Wildman–Crippen MR) is 98.7 cm³/mol. The lowest BCUT2D eigenvalue weighted by Gasteiger charge is -2.16. The zero-order valence-electron chi connectivity index (χ0n) is 14.0. The molecule has 8 nitrogen and oxygen atoms in total. The molecule has 1 aliphatic rings. The minimum absolute atomic E-state index is 0.203. The van der Waals surface area contributed by atoms with Crippen LogP contribution in [-0.2, 0) is 16.6 Å². The van der Waals surface area contributed by atoms with Crippen molar-refractivity contribution in [3.8, 4) is 5.82 Å². The van der Waals surface area contributed by atoms with Gasteiger partial charge in [-0.15, -0.1) is 0 Å². The Kier molecular flexibility index (Phi) is 4.29. The first kappa shape index (κ1) is 16.5. The second-order valence-electron chi connectivity index (χ2n) is 5.99. The van der Waals surface area contributed by atoms with Crippen molar-refractivity contribution in [2.75, 3.05) is 21.9 Å². The highest BCUT2D eigenvalue weighted by molar-refractivity contribution is 7.93. The van der Waals surface area contributed by atoms with Crippen molar-refractivity contribution < 1.29 is 8.42 Å². The maximum absolute atomic E-state index is 11.9. The number of nitrogens with one attached hydrogen (secondary N) is 1. The highest BCUT2D eigenvalue weighted by Gasteiger charge is 2.28. The molecule has 3 aromatic rings. The van der Waals surface area contributed by atoms with Gasteiger partial charge in [0.2, 0.25) is 10.0 Å². The van der Waals surface area contributed by atoms with Gasteiger partial charge in [-0.3, -0.25) is 8.87 Å². The fraction of sp³-hybridized carbons (Fsp3) is 0.235. The number of hydrogen-bond donors (Lipinski definition) is 1. The molecule has 26 heavy (non-hydrogen) atoms. The Balaban J connectivity index is 1.39. The van der Waals surface area contributed by atoms with Crippen LogP contribution in [0.15, 0.2) is 55.4 Å². The summed E-state index contributed by atoms with van der Waals surface area (Å²) in [6.07, 6.45) is 9.29. The third-order valence-electron chi connectivity index (χ3n) is 4.19. The summed E-state index contributed by atoms with van der Waals surface area (Å²) in [6.45, 7) is 1.09. The van der Waals surface area contributed by atoms with Gasteiger partial charge in [-0.05, 0) is 30.2 Å². The van der Waals surface area contributed by atoms with Gasteiger partial charge in [0, 0.05) is 31.7 Å². The molecule has 1 N–H and O–H groups in total. The standard InChI is InChI=1S/C17H18N6O2S/c24-26(25)9-1-7-23(26)15-3-4-16(20-12-15)19-10-14-2-5-17(21-11-14)22-8-6-18-13-22/h2-6,8,11-13H,1,7,9-10H2,(H,19,20). The van der Waals surface area contributed by atoms with Crippen molar-refractivity contribution in [3.05, 3.63) is 60.9 Å². The quantitative estimate of drug-likeness (QED) is 0.736. The molecule has 1 aliphatic heterocycles. The van der Waals surface area contributed by atoms with Crippen LogP contribution < -0.4 is 9.62 Å². The molecule has 0 spiro atoms. The molecule has 1 fully saturated rings. The van der Waals surface area contributed by atoms with Crippen LogP contribution >= 0.6 is 0 Å². The number of imidazole rings is 1. The molecule has 0 unspecified atom stereocenters. The predicted octanol–water partition coefficient (Wildman–Crippen LogP) is 1.81. The molecule has 9 heteroatoms. The van der Waals surface area contributed by atoms with E-state index in [0.717, 1.165) is 11.4 Å². The van der Waals surface area contributed by atoms with E-state index in [0.29, 0.717) is 31.0 Å². The number of sulfonamides is 1. The average molecular weight is 370 g/mol. The van der Waals surface area contributed by atoms with Crippen LogP contribution in [0.3, 0.4) is 0 Å². The van der Waals surface area contributed by atoms with Crippen LogP contribution in [0, 0.1) is 0 Å². The van der Waals surface area contributed by atoms with Gasteiger partial charge < -0.3 is 5.32 Å². The van der Waals surface area contributed by atoms with Gasteiger partial charge in [-0.2, -0.15) is 0 Å². The molecule has 0 saturated carbocycles. The fourth-order valence-electron chi connectivity index (χ4n) is 2.83. The van der Waals surface area contributed by atoms with E-state index in [2.05, 4.69) is 20.3 Å². The summed E-state index contributed by atoms with van der Waals surface area (Å²) in [5.74, 6) is 1.69. The minimum Gasteiger partial charge on any atom is -0.366 e. The lowest BCUT2D eigenvalue weighted by atomic mass is 10.3. The highest BCUT2D eigenvalue weighted by atomic mass is 32.2. The van der Waals surface area contributed by atoms with E-state index in [1.807, 2.05) is 22.9 Å². The second kappa shape index (κ2) is 6.75. The Morgan fingerprint density at radius 3 is 2.65 bits per heavy atom. The highest BCUT2D eigenvalue weighted by Crippen LogP contribution is 2.24. The van der Waals surface area contributed by atoms with Gasteiger partial charge >= 0.3 is 0 Å². The zero-order chi connectivity index (χ0) is 18.0. The van der Waals surface area contributed by atoms with Gasteiger partial charge in [-0.1, -0.05) is 6.07 Å². The number of nitrogens with zero attached hydrogens (tertiary/aromatic N) is 5. The van der Waals surface area contributed by atoms with Crippen LogP contribution in [-0.4, -0.2) is 40.2 Å². The lowest BCUT2D eigenvalue weighted by Crippen LogP contribution is -2.25. The molecular formula is C17H18N6O2S. The zero-order valence-corrected chi connectivity index (χ0v) is 14.8. The van der Waals surface area contributed by atoms with Crippen molar-refractivity contribution in [1.29, 1.82) is 0 Å². The van der Waals surface area contributed by atoms with Crippen LogP contribution in [0.5, 0.6) is 0 Å². The molecule has 1 saturated heterocycles. The smallest absolute Gasteiger partial charge is 0.235 e. The number of aromatic nitrogens is 4. The summed E-state index contributed by atoms with van der Waals surface area (Å²) in [4.78, 5) is 12.7. The number of pyridine rings is 2. The van der Waals surface area contributed by atoms with E-state index in [1.54, 1.807) is 37.1 Å². The molecular weight excluding hydrogens is 352 g/mol. The molecule has 0 bridgehead atoms. The van der Waals surface area contributed by atoms with Gasteiger partial charge in [0.15, 0.2) is 0 Å². The summed E-state index contributed by atoms with van der Waals surface area (Å²) in [7, 11) is -3.17. The largest absolute Gasteiger partial charge is 0.366 e. The average Bonchev–Trinajstić information content (AvgIpc) is 3.30. The van der Waals surface area contributed by atoms with Crippen LogP contribution in [0.1, 0.15) is 12.0 Å². The first-order valence-electron chi connectivity index (χ1n) is 8.25.